The molecule has 30 heavy (non-hydrogen) atoms. The minimum Gasteiger partial charge on any atom is -0.496 e. The highest BCUT2D eigenvalue weighted by Gasteiger charge is 2.41. The van der Waals surface area contributed by atoms with Crippen molar-refractivity contribution >= 4 is 23.4 Å². The van der Waals surface area contributed by atoms with Crippen LogP contribution in [0.3, 0.4) is 0 Å². The van der Waals surface area contributed by atoms with E-state index in [0.29, 0.717) is 18.8 Å². The first kappa shape index (κ1) is 20.9. The highest BCUT2D eigenvalue weighted by atomic mass is 35.5. The van der Waals surface area contributed by atoms with Crippen LogP contribution in [0.4, 0.5) is 4.79 Å². The number of rotatable bonds is 4. The quantitative estimate of drug-likeness (QED) is 0.692. The number of amides is 1. The maximum atomic E-state index is 12.7. The fraction of sp³-hybridized carbons (Fsp3) is 0.500. The molecule has 2 saturated heterocycles. The van der Waals surface area contributed by atoms with Crippen LogP contribution in [0.15, 0.2) is 30.5 Å². The van der Waals surface area contributed by atoms with Crippen molar-refractivity contribution in [2.45, 2.75) is 32.7 Å². The van der Waals surface area contributed by atoms with Gasteiger partial charge in [-0.2, -0.15) is 9.78 Å². The molecule has 7 nitrogen and oxygen atoms in total. The molecule has 0 N–H and O–H groups in total. The number of aromatic nitrogens is 2. The van der Waals surface area contributed by atoms with Crippen molar-refractivity contribution in [1.29, 1.82) is 0 Å². The molecule has 160 valence electrons. The summed E-state index contributed by atoms with van der Waals surface area (Å²) in [6.45, 7) is 5.73. The molecule has 8 heteroatoms. The molecule has 0 bridgehead atoms. The number of hydrogen-bond donors (Lipinski definition) is 0. The largest absolute Gasteiger partial charge is 0.496 e. The van der Waals surface area contributed by atoms with Crippen molar-refractivity contribution in [3.63, 3.8) is 0 Å². The number of benzene rings is 1. The van der Waals surface area contributed by atoms with Gasteiger partial charge in [-0.1, -0.05) is 11.6 Å². The van der Waals surface area contributed by atoms with Gasteiger partial charge in [0.1, 0.15) is 11.4 Å². The van der Waals surface area contributed by atoms with Gasteiger partial charge in [-0.25, -0.2) is 4.79 Å². The summed E-state index contributed by atoms with van der Waals surface area (Å²) in [4.78, 5) is 28.4. The molecule has 0 radical (unpaired) electrons. The number of ketones is 1. The number of methoxy groups -OCH3 is 1. The van der Waals surface area contributed by atoms with Crippen LogP contribution in [-0.2, 0) is 6.54 Å². The minimum atomic E-state index is -0.157. The van der Waals surface area contributed by atoms with E-state index in [1.807, 2.05) is 23.1 Å². The molecule has 4 rings (SSSR count). The third-order valence-corrected chi connectivity index (χ3v) is 6.63. The lowest BCUT2D eigenvalue weighted by molar-refractivity contribution is 0.101. The van der Waals surface area contributed by atoms with Gasteiger partial charge in [0.15, 0.2) is 5.78 Å². The minimum absolute atomic E-state index is 0.137. The maximum absolute atomic E-state index is 12.7. The predicted octanol–water partition coefficient (Wildman–Crippen LogP) is 3.70. The van der Waals surface area contributed by atoms with Crippen LogP contribution in [0.5, 0.6) is 5.75 Å². The van der Waals surface area contributed by atoms with Crippen molar-refractivity contribution < 1.29 is 14.3 Å². The molecule has 0 atom stereocenters. The fourth-order valence-electron chi connectivity index (χ4n) is 4.62. The van der Waals surface area contributed by atoms with E-state index in [1.54, 1.807) is 19.4 Å². The average Bonchev–Trinajstić information content (AvgIpc) is 3.37. The van der Waals surface area contributed by atoms with Gasteiger partial charge in [0.2, 0.25) is 0 Å². The summed E-state index contributed by atoms with van der Waals surface area (Å²) in [5, 5.41) is 4.82. The summed E-state index contributed by atoms with van der Waals surface area (Å²) < 4.78 is 6.77. The smallest absolute Gasteiger partial charge is 0.344 e. The van der Waals surface area contributed by atoms with Crippen LogP contribution in [-0.4, -0.2) is 64.7 Å². The second-order valence-electron chi connectivity index (χ2n) is 8.39. The predicted molar refractivity (Wildman–Crippen MR) is 114 cm³/mol. The van der Waals surface area contributed by atoms with Crippen LogP contribution in [0, 0.1) is 5.41 Å². The summed E-state index contributed by atoms with van der Waals surface area (Å²) in [5.74, 6) is 0.728. The van der Waals surface area contributed by atoms with Gasteiger partial charge in [0, 0.05) is 49.9 Å². The van der Waals surface area contributed by atoms with Crippen molar-refractivity contribution in [3.8, 4) is 5.75 Å². The Hall–Kier alpha value is -2.38. The Bertz CT molecular complexity index is 950. The zero-order valence-corrected chi connectivity index (χ0v) is 18.2. The highest BCUT2D eigenvalue weighted by Crippen LogP contribution is 2.41. The van der Waals surface area contributed by atoms with Gasteiger partial charge in [-0.3, -0.25) is 9.69 Å². The number of likely N-dealkylation sites (tertiary alicyclic amines) is 2. The molecule has 2 aliphatic heterocycles. The van der Waals surface area contributed by atoms with E-state index in [2.05, 4.69) is 10.00 Å². The number of carbonyl (C=O) groups is 2. The lowest BCUT2D eigenvalue weighted by Gasteiger charge is -2.39. The Kier molecular flexibility index (Phi) is 5.84. The van der Waals surface area contributed by atoms with Gasteiger partial charge < -0.3 is 9.64 Å². The third-order valence-electron chi connectivity index (χ3n) is 6.39. The molecule has 2 aliphatic rings. The van der Waals surface area contributed by atoms with E-state index in [1.165, 1.54) is 11.6 Å². The van der Waals surface area contributed by atoms with Gasteiger partial charge in [-0.15, -0.1) is 0 Å². The zero-order valence-electron chi connectivity index (χ0n) is 17.4. The Balaban J connectivity index is 1.35. The van der Waals surface area contributed by atoms with Crippen molar-refractivity contribution in [1.82, 2.24) is 19.6 Å². The van der Waals surface area contributed by atoms with Gasteiger partial charge >= 0.3 is 6.03 Å². The normalized spacial score (nSPS) is 18.7. The number of hydrogen-bond acceptors (Lipinski definition) is 5. The molecule has 3 heterocycles. The molecular weight excluding hydrogens is 404 g/mol. The number of Topliss-reactive ketones (excluding diaryl/α,β-unsaturated/α-hetero) is 1. The van der Waals surface area contributed by atoms with E-state index in [-0.39, 0.29) is 17.2 Å². The summed E-state index contributed by atoms with van der Waals surface area (Å²) in [5.41, 5.74) is 1.67. The van der Waals surface area contributed by atoms with Crippen molar-refractivity contribution in [3.05, 3.63) is 46.7 Å². The number of piperidine rings is 1. The van der Waals surface area contributed by atoms with Gasteiger partial charge in [0.25, 0.3) is 0 Å². The molecule has 1 aromatic heterocycles. The molecule has 0 aliphatic carbocycles. The summed E-state index contributed by atoms with van der Waals surface area (Å²) in [6.07, 6.45) is 4.65. The van der Waals surface area contributed by atoms with E-state index in [9.17, 15) is 9.59 Å². The first-order chi connectivity index (χ1) is 14.4. The van der Waals surface area contributed by atoms with Crippen LogP contribution in [0.2, 0.25) is 5.02 Å². The molecular formula is C22H27ClN4O3. The lowest BCUT2D eigenvalue weighted by Crippen LogP contribution is -2.45. The van der Waals surface area contributed by atoms with Crippen LogP contribution >= 0.6 is 11.6 Å². The number of carbonyl (C=O) groups excluding carboxylic acids is 2. The summed E-state index contributed by atoms with van der Waals surface area (Å²) >= 11 is 6.18. The number of halogens is 1. The van der Waals surface area contributed by atoms with Crippen LogP contribution < -0.4 is 4.74 Å². The topological polar surface area (TPSA) is 67.7 Å². The van der Waals surface area contributed by atoms with E-state index < -0.39 is 0 Å². The average molecular weight is 431 g/mol. The first-order valence-corrected chi connectivity index (χ1v) is 10.7. The summed E-state index contributed by atoms with van der Waals surface area (Å²) in [6, 6.07) is 7.17. The second-order valence-corrected chi connectivity index (χ2v) is 8.82. The van der Waals surface area contributed by atoms with Crippen LogP contribution in [0.1, 0.15) is 42.2 Å². The van der Waals surface area contributed by atoms with E-state index in [4.69, 9.17) is 16.3 Å². The molecule has 1 spiro atoms. The fourth-order valence-corrected chi connectivity index (χ4v) is 4.81. The maximum Gasteiger partial charge on any atom is 0.344 e. The van der Waals surface area contributed by atoms with Crippen molar-refractivity contribution in [2.24, 2.45) is 5.41 Å². The lowest BCUT2D eigenvalue weighted by atomic mass is 9.78. The first-order valence-electron chi connectivity index (χ1n) is 10.3. The molecule has 1 amide bonds. The monoisotopic (exact) mass is 430 g/mol. The second kappa shape index (κ2) is 8.40. The SMILES string of the molecule is COc1ccc(Cl)cc1CN1CCC2(CCN(C(=O)n3ccc(C(C)=O)n3)CC2)C1. The third kappa shape index (κ3) is 4.23. The highest BCUT2D eigenvalue weighted by molar-refractivity contribution is 6.30. The molecule has 0 saturated carbocycles. The standard InChI is InChI=1S/C22H27ClN4O3/c1-16(28)19-5-9-27(24-19)21(29)26-11-7-22(8-12-26)6-10-25(15-22)14-17-13-18(23)3-4-20(17)30-2/h3-5,9,13H,6-8,10-12,14-15H2,1-2H3. The number of nitrogens with zero attached hydrogens (tertiary/aromatic N) is 4. The van der Waals surface area contributed by atoms with Crippen molar-refractivity contribution in [2.75, 3.05) is 33.3 Å². The Labute approximate surface area is 181 Å². The molecule has 2 aromatic rings. The Morgan fingerprint density at radius 3 is 2.57 bits per heavy atom. The Morgan fingerprint density at radius 2 is 1.90 bits per heavy atom. The van der Waals surface area contributed by atoms with E-state index in [0.717, 1.165) is 55.2 Å². The molecule has 1 aromatic carbocycles. The van der Waals surface area contributed by atoms with Gasteiger partial charge in [0.05, 0.1) is 7.11 Å². The zero-order chi connectivity index (χ0) is 21.3. The summed E-state index contributed by atoms with van der Waals surface area (Å²) in [7, 11) is 1.68. The molecule has 0 unspecified atom stereocenters. The van der Waals surface area contributed by atoms with Gasteiger partial charge in [-0.05, 0) is 55.5 Å². The molecule has 2 fully saturated rings. The van der Waals surface area contributed by atoms with Crippen LogP contribution in [0.25, 0.3) is 0 Å². The Morgan fingerprint density at radius 1 is 1.17 bits per heavy atom. The van der Waals surface area contributed by atoms with E-state index >= 15 is 0 Å². The number of ether oxygens (including phenoxy) is 1.